The molecule has 86 valence electrons. The van der Waals surface area contributed by atoms with Crippen LogP contribution in [0.1, 0.15) is 12.5 Å². The van der Waals surface area contributed by atoms with Crippen molar-refractivity contribution >= 4 is 21.8 Å². The molecule has 0 spiro atoms. The van der Waals surface area contributed by atoms with Gasteiger partial charge in [-0.15, -0.1) is 0 Å². The molecule has 3 aromatic rings. The molecule has 1 unspecified atom stereocenters. The zero-order valence-electron chi connectivity index (χ0n) is 9.57. The van der Waals surface area contributed by atoms with Gasteiger partial charge in [0.2, 0.25) is 0 Å². The molecule has 0 fully saturated rings. The molecule has 2 aromatic carbocycles. The van der Waals surface area contributed by atoms with E-state index in [0.29, 0.717) is 5.56 Å². The van der Waals surface area contributed by atoms with Crippen molar-refractivity contribution < 1.29 is 5.11 Å². The molecule has 0 aliphatic rings. The second-order valence-electron chi connectivity index (χ2n) is 4.55. The maximum atomic E-state index is 9.97. The number of aliphatic hydroxyl groups is 1. The van der Waals surface area contributed by atoms with Gasteiger partial charge in [-0.2, -0.15) is 0 Å². The predicted octanol–water partition coefficient (Wildman–Crippen LogP) is 2.44. The van der Waals surface area contributed by atoms with E-state index in [1.807, 2.05) is 36.4 Å². The van der Waals surface area contributed by atoms with Crippen molar-refractivity contribution in [1.82, 2.24) is 4.98 Å². The third-order valence-electron chi connectivity index (χ3n) is 3.09. The Labute approximate surface area is 98.9 Å². The van der Waals surface area contributed by atoms with Gasteiger partial charge in [-0.1, -0.05) is 36.4 Å². The highest BCUT2D eigenvalue weighted by Crippen LogP contribution is 2.30. The van der Waals surface area contributed by atoms with Gasteiger partial charge in [0, 0.05) is 21.9 Å². The Morgan fingerprint density at radius 2 is 1.76 bits per heavy atom. The maximum absolute atomic E-state index is 9.97. The molecule has 0 aliphatic heterocycles. The van der Waals surface area contributed by atoms with E-state index in [1.54, 1.807) is 6.92 Å². The maximum Gasteiger partial charge on any atom is 0.138 e. The molecule has 0 aliphatic carbocycles. The highest BCUT2D eigenvalue weighted by molar-refractivity contribution is 6.08. The number of para-hydroxylation sites is 2. The van der Waals surface area contributed by atoms with Crippen LogP contribution in [0.3, 0.4) is 0 Å². The van der Waals surface area contributed by atoms with Crippen LogP contribution in [-0.2, 0) is 5.72 Å². The minimum Gasteiger partial charge on any atom is -0.372 e. The highest BCUT2D eigenvalue weighted by Gasteiger charge is 2.20. The third-order valence-corrected chi connectivity index (χ3v) is 3.09. The first-order valence-corrected chi connectivity index (χ1v) is 5.58. The highest BCUT2D eigenvalue weighted by atomic mass is 16.3. The van der Waals surface area contributed by atoms with Gasteiger partial charge in [0.15, 0.2) is 0 Å². The number of benzene rings is 2. The average molecular weight is 226 g/mol. The summed E-state index contributed by atoms with van der Waals surface area (Å²) in [7, 11) is 0. The summed E-state index contributed by atoms with van der Waals surface area (Å²) in [6.07, 6.45) is 0. The van der Waals surface area contributed by atoms with Crippen LogP contribution in [0, 0.1) is 0 Å². The van der Waals surface area contributed by atoms with Gasteiger partial charge in [0.25, 0.3) is 0 Å². The van der Waals surface area contributed by atoms with E-state index in [4.69, 9.17) is 5.73 Å². The third kappa shape index (κ3) is 1.52. The van der Waals surface area contributed by atoms with E-state index in [9.17, 15) is 5.11 Å². The number of aromatic nitrogens is 1. The SMILES string of the molecule is CC(N)(O)c1cccc2c1[nH]c1ccccc12. The Kier molecular flexibility index (Phi) is 2.02. The largest absolute Gasteiger partial charge is 0.372 e. The number of nitrogens with one attached hydrogen (secondary N) is 1. The van der Waals surface area contributed by atoms with Crippen LogP contribution in [-0.4, -0.2) is 10.1 Å². The minimum atomic E-state index is -1.33. The molecule has 1 aromatic heterocycles. The lowest BCUT2D eigenvalue weighted by molar-refractivity contribution is 0.0661. The number of aromatic amines is 1. The summed E-state index contributed by atoms with van der Waals surface area (Å²) in [6, 6.07) is 13.9. The van der Waals surface area contributed by atoms with Crippen LogP contribution in [0.2, 0.25) is 0 Å². The summed E-state index contributed by atoms with van der Waals surface area (Å²) >= 11 is 0. The molecule has 0 bridgehead atoms. The van der Waals surface area contributed by atoms with Gasteiger partial charge in [0.05, 0.1) is 5.52 Å². The number of fused-ring (bicyclic) bond motifs is 3. The molecular weight excluding hydrogens is 212 g/mol. The minimum absolute atomic E-state index is 0.714. The molecule has 3 nitrogen and oxygen atoms in total. The molecule has 0 saturated heterocycles. The Morgan fingerprint density at radius 3 is 2.53 bits per heavy atom. The van der Waals surface area contributed by atoms with Gasteiger partial charge >= 0.3 is 0 Å². The van der Waals surface area contributed by atoms with Crippen LogP contribution in [0.4, 0.5) is 0 Å². The molecule has 3 heteroatoms. The molecule has 0 radical (unpaired) electrons. The number of hydrogen-bond donors (Lipinski definition) is 3. The Bertz CT molecular complexity index is 692. The van der Waals surface area contributed by atoms with Crippen LogP contribution in [0.15, 0.2) is 42.5 Å². The summed E-state index contributed by atoms with van der Waals surface area (Å²) in [5.74, 6) is 0. The van der Waals surface area contributed by atoms with Crippen molar-refractivity contribution in [2.75, 3.05) is 0 Å². The van der Waals surface area contributed by atoms with E-state index in [1.165, 1.54) is 0 Å². The van der Waals surface area contributed by atoms with E-state index in [2.05, 4.69) is 11.1 Å². The second-order valence-corrected chi connectivity index (χ2v) is 4.55. The normalized spacial score (nSPS) is 15.2. The van der Waals surface area contributed by atoms with Gasteiger partial charge in [-0.3, -0.25) is 5.73 Å². The van der Waals surface area contributed by atoms with Crippen LogP contribution < -0.4 is 5.73 Å². The summed E-state index contributed by atoms with van der Waals surface area (Å²) in [6.45, 7) is 1.59. The zero-order chi connectivity index (χ0) is 12.0. The van der Waals surface area contributed by atoms with Crippen molar-refractivity contribution in [3.63, 3.8) is 0 Å². The smallest absolute Gasteiger partial charge is 0.138 e. The van der Waals surface area contributed by atoms with Crippen molar-refractivity contribution in [3.05, 3.63) is 48.0 Å². The fraction of sp³-hybridized carbons (Fsp3) is 0.143. The fourth-order valence-corrected chi connectivity index (χ4v) is 2.29. The van der Waals surface area contributed by atoms with E-state index in [-0.39, 0.29) is 0 Å². The van der Waals surface area contributed by atoms with Crippen molar-refractivity contribution in [1.29, 1.82) is 0 Å². The molecule has 3 rings (SSSR count). The van der Waals surface area contributed by atoms with Gasteiger partial charge in [0.1, 0.15) is 5.72 Å². The lowest BCUT2D eigenvalue weighted by Gasteiger charge is -2.18. The fourth-order valence-electron chi connectivity index (χ4n) is 2.29. The summed E-state index contributed by atoms with van der Waals surface area (Å²) in [4.78, 5) is 3.31. The van der Waals surface area contributed by atoms with Gasteiger partial charge < -0.3 is 10.1 Å². The molecule has 17 heavy (non-hydrogen) atoms. The van der Waals surface area contributed by atoms with Crippen LogP contribution in [0.25, 0.3) is 21.8 Å². The Morgan fingerprint density at radius 1 is 1.06 bits per heavy atom. The molecule has 1 atom stereocenters. The van der Waals surface area contributed by atoms with Crippen molar-refractivity contribution in [3.8, 4) is 0 Å². The molecule has 1 heterocycles. The molecule has 4 N–H and O–H groups in total. The average Bonchev–Trinajstić information content (AvgIpc) is 2.65. The van der Waals surface area contributed by atoms with Crippen LogP contribution in [0.5, 0.6) is 0 Å². The van der Waals surface area contributed by atoms with Crippen molar-refractivity contribution in [2.24, 2.45) is 5.73 Å². The number of hydrogen-bond acceptors (Lipinski definition) is 2. The Balaban J connectivity index is 2.48. The Hall–Kier alpha value is -1.84. The van der Waals surface area contributed by atoms with E-state index < -0.39 is 5.72 Å². The number of nitrogens with two attached hydrogens (primary N) is 1. The van der Waals surface area contributed by atoms with E-state index >= 15 is 0 Å². The first-order chi connectivity index (χ1) is 8.07. The predicted molar refractivity (Wildman–Crippen MR) is 69.6 cm³/mol. The van der Waals surface area contributed by atoms with Gasteiger partial charge in [-0.05, 0) is 13.0 Å². The lowest BCUT2D eigenvalue weighted by Crippen LogP contribution is -2.32. The first kappa shape index (κ1) is 10.3. The topological polar surface area (TPSA) is 62.0 Å². The van der Waals surface area contributed by atoms with Crippen molar-refractivity contribution in [2.45, 2.75) is 12.6 Å². The quantitative estimate of drug-likeness (QED) is 0.558. The summed E-state index contributed by atoms with van der Waals surface area (Å²) in [5, 5.41) is 12.2. The molecule has 0 saturated carbocycles. The molecular formula is C14H14N2O. The number of H-pyrrole nitrogens is 1. The second kappa shape index (κ2) is 3.32. The van der Waals surface area contributed by atoms with Crippen LogP contribution >= 0.6 is 0 Å². The molecule has 0 amide bonds. The standard InChI is InChI=1S/C14H14N2O/c1-14(15,17)11-7-4-6-10-9-5-2-3-8-12(9)16-13(10)11/h2-8,16-17H,15H2,1H3. The lowest BCUT2D eigenvalue weighted by atomic mass is 10.0. The first-order valence-electron chi connectivity index (χ1n) is 5.58. The number of rotatable bonds is 1. The summed E-state index contributed by atoms with van der Waals surface area (Å²) < 4.78 is 0. The zero-order valence-corrected chi connectivity index (χ0v) is 9.57. The van der Waals surface area contributed by atoms with E-state index in [0.717, 1.165) is 21.8 Å². The van der Waals surface area contributed by atoms with Gasteiger partial charge in [-0.25, -0.2) is 0 Å². The summed E-state index contributed by atoms with van der Waals surface area (Å²) in [5.41, 5.74) is 7.12. The monoisotopic (exact) mass is 226 g/mol.